The molecule has 0 saturated carbocycles. The molecule has 3 unspecified atom stereocenters. The van der Waals surface area contributed by atoms with Crippen molar-refractivity contribution in [3.05, 3.63) is 71.8 Å². The van der Waals surface area contributed by atoms with Crippen LogP contribution in [0, 0.1) is 5.41 Å². The summed E-state index contributed by atoms with van der Waals surface area (Å²) in [7, 11) is 0. The number of rotatable bonds is 6. The van der Waals surface area contributed by atoms with Crippen molar-refractivity contribution in [1.82, 2.24) is 0 Å². The van der Waals surface area contributed by atoms with E-state index >= 15 is 0 Å². The van der Waals surface area contributed by atoms with Crippen LogP contribution >= 0.6 is 0 Å². The summed E-state index contributed by atoms with van der Waals surface area (Å²) in [6, 6.07) is 17.7. The fourth-order valence-electron chi connectivity index (χ4n) is 3.67. The average molecular weight is 382 g/mol. The maximum Gasteiger partial charge on any atom is 0.338 e. The lowest BCUT2D eigenvalue weighted by Crippen LogP contribution is -2.41. The highest BCUT2D eigenvalue weighted by Crippen LogP contribution is 2.42. The zero-order valence-corrected chi connectivity index (χ0v) is 16.5. The Hall–Kier alpha value is -2.66. The first kappa shape index (κ1) is 20.1. The van der Waals surface area contributed by atoms with Crippen molar-refractivity contribution in [2.75, 3.05) is 6.61 Å². The third-order valence-electron chi connectivity index (χ3n) is 5.24. The molecule has 0 amide bonds. The standard InChI is InChI=1S/C23H26O5/c1-4-19-23(2,3)20(28-22(25)17-13-9-6-10-14-17)18(27-19)15-26-21(24)16-11-7-5-8-12-16/h5-14,18-20H,4,15H2,1-3H3. The second kappa shape index (κ2) is 8.57. The first-order valence-corrected chi connectivity index (χ1v) is 9.57. The number of carbonyl (C=O) groups excluding carboxylic acids is 2. The molecule has 0 aliphatic carbocycles. The zero-order valence-electron chi connectivity index (χ0n) is 16.5. The van der Waals surface area contributed by atoms with E-state index in [0.717, 1.165) is 6.42 Å². The van der Waals surface area contributed by atoms with Gasteiger partial charge in [0.25, 0.3) is 0 Å². The number of esters is 2. The SMILES string of the molecule is CCC1OC(COC(=O)c2ccccc2)C(OC(=O)c2ccccc2)C1(C)C. The molecule has 1 aliphatic heterocycles. The molecule has 5 nitrogen and oxygen atoms in total. The number of ether oxygens (including phenoxy) is 3. The van der Waals surface area contributed by atoms with Crippen LogP contribution < -0.4 is 0 Å². The Morgan fingerprint density at radius 1 is 0.929 bits per heavy atom. The third-order valence-corrected chi connectivity index (χ3v) is 5.24. The van der Waals surface area contributed by atoms with Gasteiger partial charge in [0.05, 0.1) is 17.2 Å². The summed E-state index contributed by atoms with van der Waals surface area (Å²) in [4.78, 5) is 24.9. The number of carbonyl (C=O) groups is 2. The fraction of sp³-hybridized carbons (Fsp3) is 0.391. The summed E-state index contributed by atoms with van der Waals surface area (Å²) in [6.45, 7) is 6.09. The van der Waals surface area contributed by atoms with Gasteiger partial charge in [-0.25, -0.2) is 9.59 Å². The van der Waals surface area contributed by atoms with Gasteiger partial charge in [-0.3, -0.25) is 0 Å². The van der Waals surface area contributed by atoms with Crippen molar-refractivity contribution < 1.29 is 23.8 Å². The Labute approximate surface area is 165 Å². The first-order chi connectivity index (χ1) is 13.4. The van der Waals surface area contributed by atoms with E-state index < -0.39 is 29.6 Å². The molecule has 28 heavy (non-hydrogen) atoms. The smallest absolute Gasteiger partial charge is 0.338 e. The molecule has 3 atom stereocenters. The molecule has 1 aliphatic rings. The minimum absolute atomic E-state index is 0.0282. The highest BCUT2D eigenvalue weighted by atomic mass is 16.6. The van der Waals surface area contributed by atoms with Gasteiger partial charge in [-0.15, -0.1) is 0 Å². The van der Waals surface area contributed by atoms with E-state index in [0.29, 0.717) is 11.1 Å². The molecule has 1 saturated heterocycles. The van der Waals surface area contributed by atoms with Crippen LogP contribution in [0.5, 0.6) is 0 Å². The molecule has 0 N–H and O–H groups in total. The quantitative estimate of drug-likeness (QED) is 0.698. The zero-order chi connectivity index (χ0) is 20.1. The molecule has 1 fully saturated rings. The molecule has 148 valence electrons. The van der Waals surface area contributed by atoms with Crippen LogP contribution in [-0.4, -0.2) is 36.9 Å². The normalized spacial score (nSPS) is 23.2. The maximum absolute atomic E-state index is 12.6. The molecular weight excluding hydrogens is 356 g/mol. The summed E-state index contributed by atoms with van der Waals surface area (Å²) >= 11 is 0. The van der Waals surface area contributed by atoms with Gasteiger partial charge >= 0.3 is 11.9 Å². The lowest BCUT2D eigenvalue weighted by molar-refractivity contribution is -0.0433. The van der Waals surface area contributed by atoms with Gasteiger partial charge in [-0.05, 0) is 30.7 Å². The van der Waals surface area contributed by atoms with Crippen LogP contribution in [0.3, 0.4) is 0 Å². The van der Waals surface area contributed by atoms with Gasteiger partial charge in [-0.1, -0.05) is 57.2 Å². The number of hydrogen-bond acceptors (Lipinski definition) is 5. The molecule has 0 spiro atoms. The Morgan fingerprint density at radius 2 is 1.46 bits per heavy atom. The van der Waals surface area contributed by atoms with Gasteiger partial charge < -0.3 is 14.2 Å². The van der Waals surface area contributed by atoms with Crippen LogP contribution in [-0.2, 0) is 14.2 Å². The monoisotopic (exact) mass is 382 g/mol. The van der Waals surface area contributed by atoms with Crippen LogP contribution in [0.1, 0.15) is 47.9 Å². The largest absolute Gasteiger partial charge is 0.459 e. The van der Waals surface area contributed by atoms with E-state index in [4.69, 9.17) is 14.2 Å². The van der Waals surface area contributed by atoms with E-state index in [9.17, 15) is 9.59 Å². The van der Waals surface area contributed by atoms with E-state index in [1.807, 2.05) is 32.9 Å². The second-order valence-electron chi connectivity index (χ2n) is 7.55. The van der Waals surface area contributed by atoms with Gasteiger partial charge in [0, 0.05) is 5.41 Å². The summed E-state index contributed by atoms with van der Waals surface area (Å²) in [5.41, 5.74) is 0.561. The highest BCUT2D eigenvalue weighted by Gasteiger charge is 2.52. The molecule has 1 heterocycles. The molecular formula is C23H26O5. The lowest BCUT2D eigenvalue weighted by atomic mass is 9.80. The van der Waals surface area contributed by atoms with Crippen molar-refractivity contribution >= 4 is 11.9 Å². The Bertz CT molecular complexity index is 800. The highest BCUT2D eigenvalue weighted by molar-refractivity contribution is 5.90. The van der Waals surface area contributed by atoms with Crippen molar-refractivity contribution in [1.29, 1.82) is 0 Å². The van der Waals surface area contributed by atoms with E-state index in [-0.39, 0.29) is 12.7 Å². The first-order valence-electron chi connectivity index (χ1n) is 9.57. The summed E-state index contributed by atoms with van der Waals surface area (Å²) < 4.78 is 17.4. The summed E-state index contributed by atoms with van der Waals surface area (Å²) in [5.74, 6) is -0.825. The van der Waals surface area contributed by atoms with E-state index in [2.05, 4.69) is 0 Å². The van der Waals surface area contributed by atoms with Crippen molar-refractivity contribution in [2.24, 2.45) is 5.41 Å². The average Bonchev–Trinajstić information content (AvgIpc) is 2.96. The van der Waals surface area contributed by atoms with Gasteiger partial charge in [-0.2, -0.15) is 0 Å². The third kappa shape index (κ3) is 4.25. The molecule has 3 rings (SSSR count). The molecule has 0 bridgehead atoms. The molecule has 2 aromatic rings. The Kier molecular flexibility index (Phi) is 6.15. The topological polar surface area (TPSA) is 61.8 Å². The van der Waals surface area contributed by atoms with Gasteiger partial charge in [0.1, 0.15) is 18.8 Å². The van der Waals surface area contributed by atoms with Crippen LogP contribution in [0.2, 0.25) is 0 Å². The van der Waals surface area contributed by atoms with Crippen LogP contribution in [0.4, 0.5) is 0 Å². The number of hydrogen-bond donors (Lipinski definition) is 0. The predicted octanol–water partition coefficient (Wildman–Crippen LogP) is 4.27. The fourth-order valence-corrected chi connectivity index (χ4v) is 3.67. The van der Waals surface area contributed by atoms with Crippen LogP contribution in [0.25, 0.3) is 0 Å². The van der Waals surface area contributed by atoms with E-state index in [1.165, 1.54) is 0 Å². The molecule has 0 aromatic heterocycles. The molecule has 5 heteroatoms. The minimum Gasteiger partial charge on any atom is -0.459 e. The van der Waals surface area contributed by atoms with Crippen molar-refractivity contribution in [2.45, 2.75) is 45.5 Å². The number of benzene rings is 2. The van der Waals surface area contributed by atoms with Crippen molar-refractivity contribution in [3.63, 3.8) is 0 Å². The van der Waals surface area contributed by atoms with Gasteiger partial charge in [0.2, 0.25) is 0 Å². The Morgan fingerprint density at radius 3 is 2.00 bits per heavy atom. The summed E-state index contributed by atoms with van der Waals surface area (Å²) in [6.07, 6.45) is -0.356. The molecule has 0 radical (unpaired) electrons. The minimum atomic E-state index is -0.520. The van der Waals surface area contributed by atoms with Gasteiger partial charge in [0.15, 0.2) is 0 Å². The molecule has 2 aromatic carbocycles. The Balaban J connectivity index is 1.72. The lowest BCUT2D eigenvalue weighted by Gasteiger charge is -2.30. The predicted molar refractivity (Wildman–Crippen MR) is 105 cm³/mol. The summed E-state index contributed by atoms with van der Waals surface area (Å²) in [5, 5.41) is 0. The van der Waals surface area contributed by atoms with Crippen molar-refractivity contribution in [3.8, 4) is 0 Å². The van der Waals surface area contributed by atoms with Crippen LogP contribution in [0.15, 0.2) is 60.7 Å². The second-order valence-corrected chi connectivity index (χ2v) is 7.55. The van der Waals surface area contributed by atoms with E-state index in [1.54, 1.807) is 48.5 Å². The maximum atomic E-state index is 12.6.